The first-order valence-corrected chi connectivity index (χ1v) is 13.7. The van der Waals surface area contributed by atoms with Crippen LogP contribution in [0.2, 0.25) is 0 Å². The molecule has 3 rings (SSSR count). The van der Waals surface area contributed by atoms with Gasteiger partial charge in [0.25, 0.3) is 5.56 Å². The highest BCUT2D eigenvalue weighted by molar-refractivity contribution is 7.99. The molecule has 10 heteroatoms. The van der Waals surface area contributed by atoms with Gasteiger partial charge in [0.2, 0.25) is 15.9 Å². The third kappa shape index (κ3) is 6.47. The second-order valence-corrected chi connectivity index (χ2v) is 11.2. The first-order valence-electron chi connectivity index (χ1n) is 11.1. The number of aryl methyl sites for hydroxylation is 1. The molecule has 1 saturated heterocycles. The molecule has 33 heavy (non-hydrogen) atoms. The monoisotopic (exact) mass is 492 g/mol. The summed E-state index contributed by atoms with van der Waals surface area (Å²) in [4.78, 5) is 27.4. The molecule has 1 amide bonds. The molecule has 1 aliphatic heterocycles. The highest BCUT2D eigenvalue weighted by Crippen LogP contribution is 2.20. The summed E-state index contributed by atoms with van der Waals surface area (Å²) in [7, 11) is -3.73. The Morgan fingerprint density at radius 1 is 1.12 bits per heavy atom. The normalized spacial score (nSPS) is 15.0. The molecule has 1 fully saturated rings. The van der Waals surface area contributed by atoms with E-state index in [0.717, 1.165) is 46.8 Å². The van der Waals surface area contributed by atoms with Crippen molar-refractivity contribution in [1.29, 1.82) is 0 Å². The zero-order chi connectivity index (χ0) is 24.0. The van der Waals surface area contributed by atoms with E-state index in [-0.39, 0.29) is 17.3 Å². The van der Waals surface area contributed by atoms with Gasteiger partial charge in [-0.1, -0.05) is 26.0 Å². The summed E-state index contributed by atoms with van der Waals surface area (Å²) < 4.78 is 28.0. The van der Waals surface area contributed by atoms with Gasteiger partial charge in [-0.25, -0.2) is 8.42 Å². The number of sulfonamides is 1. The number of benzene rings is 1. The minimum Gasteiger partial charge on any atom is -0.324 e. The van der Waals surface area contributed by atoms with Crippen LogP contribution in [0.4, 0.5) is 5.69 Å². The zero-order valence-corrected chi connectivity index (χ0v) is 21.0. The van der Waals surface area contributed by atoms with Crippen molar-refractivity contribution in [2.45, 2.75) is 38.8 Å². The van der Waals surface area contributed by atoms with E-state index < -0.39 is 15.6 Å². The van der Waals surface area contributed by atoms with E-state index in [0.29, 0.717) is 18.8 Å². The Hall–Kier alpha value is -2.14. The number of thioether (sulfide) groups is 1. The van der Waals surface area contributed by atoms with Crippen LogP contribution in [0.3, 0.4) is 0 Å². The zero-order valence-electron chi connectivity index (χ0n) is 19.4. The smallest absolute Gasteiger partial charge is 0.251 e. The lowest BCUT2D eigenvalue weighted by Gasteiger charge is -2.26. The number of nitrogens with zero attached hydrogens (tertiary/aromatic N) is 3. The van der Waals surface area contributed by atoms with Gasteiger partial charge >= 0.3 is 0 Å². The van der Waals surface area contributed by atoms with Gasteiger partial charge in [-0.3, -0.25) is 14.5 Å². The Morgan fingerprint density at radius 2 is 1.82 bits per heavy atom. The summed E-state index contributed by atoms with van der Waals surface area (Å²) in [6.45, 7) is 8.74. The molecule has 0 spiro atoms. The van der Waals surface area contributed by atoms with E-state index in [1.165, 1.54) is 22.6 Å². The highest BCUT2D eigenvalue weighted by atomic mass is 32.2. The maximum atomic E-state index is 12.8. The molecular weight excluding hydrogens is 460 g/mol. The summed E-state index contributed by atoms with van der Waals surface area (Å²) in [6, 6.07) is 8.49. The highest BCUT2D eigenvalue weighted by Gasteiger charge is 2.22. The van der Waals surface area contributed by atoms with Gasteiger partial charge in [-0.15, -0.1) is 0 Å². The number of nitrogens with one attached hydrogen (secondary N) is 1. The second kappa shape index (κ2) is 11.3. The molecular formula is C23H32N4O4S2. The van der Waals surface area contributed by atoms with E-state index in [1.54, 1.807) is 13.8 Å². The van der Waals surface area contributed by atoms with Crippen LogP contribution in [-0.2, 0) is 27.9 Å². The lowest BCUT2D eigenvalue weighted by molar-refractivity contribution is -0.116. The first kappa shape index (κ1) is 25.5. The van der Waals surface area contributed by atoms with Crippen molar-refractivity contribution in [2.75, 3.05) is 43.0 Å². The third-order valence-corrected chi connectivity index (χ3v) is 8.68. The van der Waals surface area contributed by atoms with Crippen molar-refractivity contribution >= 4 is 33.4 Å². The Labute approximate surface area is 200 Å². The van der Waals surface area contributed by atoms with Crippen molar-refractivity contribution in [3.8, 4) is 0 Å². The van der Waals surface area contributed by atoms with Crippen LogP contribution in [-0.4, -0.2) is 65.8 Å². The second-order valence-electron chi connectivity index (χ2n) is 8.01. The lowest BCUT2D eigenvalue weighted by atomic mass is 10.1. The first-order chi connectivity index (χ1) is 15.7. The third-order valence-electron chi connectivity index (χ3n) is 5.70. The Kier molecular flexibility index (Phi) is 8.75. The predicted molar refractivity (Wildman–Crippen MR) is 133 cm³/mol. The van der Waals surface area contributed by atoms with Gasteiger partial charge in [-0.2, -0.15) is 16.1 Å². The molecule has 0 saturated carbocycles. The van der Waals surface area contributed by atoms with Crippen LogP contribution in [0.5, 0.6) is 0 Å². The number of hydrogen-bond acceptors (Lipinski definition) is 6. The maximum Gasteiger partial charge on any atom is 0.251 e. The van der Waals surface area contributed by atoms with E-state index >= 15 is 0 Å². The summed E-state index contributed by atoms with van der Waals surface area (Å²) in [6.07, 6.45) is 1.24. The molecule has 1 aromatic heterocycles. The number of anilines is 1. The molecule has 8 nitrogen and oxygen atoms in total. The SMILES string of the molecule is CCN(CC)S(=O)(=O)c1ccc(=O)n(CC(=O)Nc2cc(CN3CCSCC3)ccc2C)c1. The van der Waals surface area contributed by atoms with Crippen molar-refractivity contribution in [2.24, 2.45) is 0 Å². The molecule has 180 valence electrons. The van der Waals surface area contributed by atoms with E-state index in [4.69, 9.17) is 0 Å². The molecule has 1 aliphatic rings. The van der Waals surface area contributed by atoms with E-state index in [2.05, 4.69) is 16.3 Å². The lowest BCUT2D eigenvalue weighted by Crippen LogP contribution is -2.33. The van der Waals surface area contributed by atoms with Crippen molar-refractivity contribution < 1.29 is 13.2 Å². The summed E-state index contributed by atoms with van der Waals surface area (Å²) in [5, 5.41) is 2.89. The van der Waals surface area contributed by atoms with Crippen LogP contribution in [0.25, 0.3) is 0 Å². The Bertz CT molecular complexity index is 1140. The van der Waals surface area contributed by atoms with Gasteiger partial charge < -0.3 is 9.88 Å². The molecule has 1 N–H and O–H groups in total. The molecule has 0 radical (unpaired) electrons. The van der Waals surface area contributed by atoms with E-state index in [1.807, 2.05) is 30.8 Å². The van der Waals surface area contributed by atoms with E-state index in [9.17, 15) is 18.0 Å². The quantitative estimate of drug-likeness (QED) is 0.578. The number of carbonyl (C=O) groups is 1. The Morgan fingerprint density at radius 3 is 2.48 bits per heavy atom. The minimum absolute atomic E-state index is 0.00327. The summed E-state index contributed by atoms with van der Waals surface area (Å²) in [5.41, 5.74) is 2.31. The largest absolute Gasteiger partial charge is 0.324 e. The number of carbonyl (C=O) groups excluding carboxylic acids is 1. The van der Waals surface area contributed by atoms with Gasteiger partial charge in [0.15, 0.2) is 0 Å². The average Bonchev–Trinajstić information content (AvgIpc) is 2.79. The molecule has 0 unspecified atom stereocenters. The number of aromatic nitrogens is 1. The topological polar surface area (TPSA) is 91.7 Å². The van der Waals surface area contributed by atoms with Crippen molar-refractivity contribution in [1.82, 2.24) is 13.8 Å². The minimum atomic E-state index is -3.73. The summed E-state index contributed by atoms with van der Waals surface area (Å²) in [5.74, 6) is 1.88. The molecule has 2 heterocycles. The van der Waals surface area contributed by atoms with Gasteiger partial charge in [0.1, 0.15) is 6.54 Å². The molecule has 0 bridgehead atoms. The van der Waals surface area contributed by atoms with Crippen molar-refractivity contribution in [3.05, 3.63) is 58.0 Å². The van der Waals surface area contributed by atoms with Crippen LogP contribution >= 0.6 is 11.8 Å². The average molecular weight is 493 g/mol. The fourth-order valence-corrected chi connectivity index (χ4v) is 6.22. The van der Waals surface area contributed by atoms with Crippen LogP contribution in [0.1, 0.15) is 25.0 Å². The maximum absolute atomic E-state index is 12.8. The molecule has 0 atom stereocenters. The fraction of sp³-hybridized carbons (Fsp3) is 0.478. The molecule has 0 aliphatic carbocycles. The van der Waals surface area contributed by atoms with Crippen LogP contribution < -0.4 is 10.9 Å². The number of rotatable bonds is 9. The van der Waals surface area contributed by atoms with Crippen molar-refractivity contribution in [3.63, 3.8) is 0 Å². The number of pyridine rings is 1. The van der Waals surface area contributed by atoms with Crippen LogP contribution in [0.15, 0.2) is 46.2 Å². The van der Waals surface area contributed by atoms with Gasteiger partial charge in [-0.05, 0) is 30.2 Å². The molecule has 2 aromatic rings. The standard InChI is InChI=1S/C23H32N4O4S2/c1-4-27(5-2)33(30,31)20-8-9-23(29)26(16-20)17-22(28)24-21-14-19(7-6-18(21)3)15-25-10-12-32-13-11-25/h6-9,14,16H,4-5,10-13,15,17H2,1-3H3,(H,24,28). The Balaban J connectivity index is 1.74. The summed E-state index contributed by atoms with van der Waals surface area (Å²) >= 11 is 1.96. The van der Waals surface area contributed by atoms with Gasteiger partial charge in [0.05, 0.1) is 4.90 Å². The number of amides is 1. The number of hydrogen-bond donors (Lipinski definition) is 1. The predicted octanol–water partition coefficient (Wildman–Crippen LogP) is 2.37. The molecule has 1 aromatic carbocycles. The fourth-order valence-electron chi connectivity index (χ4n) is 3.76. The van der Waals surface area contributed by atoms with Crippen LogP contribution in [0, 0.1) is 6.92 Å². The van der Waals surface area contributed by atoms with Gasteiger partial charge in [0, 0.05) is 62.2 Å².